The van der Waals surface area contributed by atoms with Crippen LogP contribution in [0.1, 0.15) is 0 Å². The molecule has 0 aliphatic rings. The molecule has 0 heterocycles. The van der Waals surface area contributed by atoms with Crippen molar-refractivity contribution in [2.75, 3.05) is 5.43 Å². The third-order valence-corrected chi connectivity index (χ3v) is 4.44. The lowest BCUT2D eigenvalue weighted by atomic mass is 10.3. The van der Waals surface area contributed by atoms with Gasteiger partial charge >= 0.3 is 0 Å². The zero-order valence-corrected chi connectivity index (χ0v) is 12.6. The molecular weight excluding hydrogens is 329 g/mol. The van der Waals surface area contributed by atoms with E-state index in [1.807, 2.05) is 0 Å². The Hall–Kier alpha value is -2.43. The number of rotatable bonds is 3. The summed E-state index contributed by atoms with van der Waals surface area (Å²) in [6.07, 6.45) is 0. The number of hydrogen-bond donors (Lipinski definition) is 1. The van der Waals surface area contributed by atoms with Gasteiger partial charge in [0.2, 0.25) is 9.84 Å². The molecule has 1 N–H and O–H groups in total. The van der Waals surface area contributed by atoms with Gasteiger partial charge in [-0.15, -0.1) is 0 Å². The number of halogens is 2. The van der Waals surface area contributed by atoms with Gasteiger partial charge in [0.1, 0.15) is 11.9 Å². The van der Waals surface area contributed by atoms with Gasteiger partial charge in [0, 0.05) is 5.02 Å². The summed E-state index contributed by atoms with van der Waals surface area (Å²) in [5.41, 5.74) is 2.75. The molecule has 0 fully saturated rings. The van der Waals surface area contributed by atoms with E-state index in [1.165, 1.54) is 54.6 Å². The highest BCUT2D eigenvalue weighted by molar-refractivity contribution is 8.07. The van der Waals surface area contributed by atoms with Gasteiger partial charge in [-0.05, 0) is 48.5 Å². The molecule has 0 aliphatic heterocycles. The van der Waals surface area contributed by atoms with E-state index in [9.17, 15) is 12.8 Å². The molecule has 0 aromatic heterocycles. The molecular formula is C14H9ClFN3O2S. The number of nitrogens with one attached hydrogen (secondary N) is 1. The summed E-state index contributed by atoms with van der Waals surface area (Å²) in [6.45, 7) is 0. The summed E-state index contributed by atoms with van der Waals surface area (Å²) in [6, 6.07) is 12.0. The lowest BCUT2D eigenvalue weighted by Gasteiger charge is -2.04. The molecule has 0 bridgehead atoms. The van der Waals surface area contributed by atoms with Crippen molar-refractivity contribution in [3.8, 4) is 6.07 Å². The third kappa shape index (κ3) is 3.61. The van der Waals surface area contributed by atoms with Crippen LogP contribution >= 0.6 is 11.6 Å². The number of hydrogen-bond acceptors (Lipinski definition) is 5. The minimum atomic E-state index is -4.05. The Bertz CT molecular complexity index is 841. The monoisotopic (exact) mass is 337 g/mol. The molecule has 22 heavy (non-hydrogen) atoms. The van der Waals surface area contributed by atoms with Gasteiger partial charge in [0.05, 0.1) is 10.6 Å². The third-order valence-electron chi connectivity index (χ3n) is 2.60. The summed E-state index contributed by atoms with van der Waals surface area (Å²) in [7, 11) is -4.05. The second-order valence-electron chi connectivity index (χ2n) is 4.10. The summed E-state index contributed by atoms with van der Waals surface area (Å²) in [5, 5.41) is 12.3. The highest BCUT2D eigenvalue weighted by Crippen LogP contribution is 2.17. The van der Waals surface area contributed by atoms with Gasteiger partial charge < -0.3 is 0 Å². The Morgan fingerprint density at radius 1 is 1.14 bits per heavy atom. The van der Waals surface area contributed by atoms with Crippen LogP contribution in [-0.4, -0.2) is 13.5 Å². The van der Waals surface area contributed by atoms with E-state index in [4.69, 9.17) is 16.9 Å². The minimum absolute atomic E-state index is 0.0990. The molecule has 0 atom stereocenters. The molecule has 0 aliphatic carbocycles. The largest absolute Gasteiger partial charge is 0.277 e. The van der Waals surface area contributed by atoms with Crippen molar-refractivity contribution in [1.29, 1.82) is 5.26 Å². The van der Waals surface area contributed by atoms with E-state index in [2.05, 4.69) is 10.5 Å². The quantitative estimate of drug-likeness (QED) is 0.529. The Morgan fingerprint density at radius 2 is 1.73 bits per heavy atom. The molecule has 0 amide bonds. The zero-order chi connectivity index (χ0) is 16.2. The SMILES string of the molecule is N#CC(=NNc1ccc(F)cc1)S(=O)(=O)c1ccc(Cl)cc1. The van der Waals surface area contributed by atoms with E-state index in [-0.39, 0.29) is 4.90 Å². The Balaban J connectivity index is 2.30. The molecule has 8 heteroatoms. The van der Waals surface area contributed by atoms with E-state index in [1.54, 1.807) is 0 Å². The van der Waals surface area contributed by atoms with Crippen molar-refractivity contribution in [1.82, 2.24) is 0 Å². The average molecular weight is 338 g/mol. The molecule has 2 aromatic carbocycles. The normalized spacial score (nSPS) is 11.8. The van der Waals surface area contributed by atoms with E-state index in [0.29, 0.717) is 10.7 Å². The van der Waals surface area contributed by atoms with Crippen molar-refractivity contribution in [3.63, 3.8) is 0 Å². The van der Waals surface area contributed by atoms with Crippen molar-refractivity contribution >= 4 is 32.2 Å². The molecule has 2 rings (SSSR count). The number of hydrazone groups is 1. The van der Waals surface area contributed by atoms with Gasteiger partial charge in [0.15, 0.2) is 0 Å². The van der Waals surface area contributed by atoms with E-state index >= 15 is 0 Å². The minimum Gasteiger partial charge on any atom is -0.277 e. The van der Waals surface area contributed by atoms with Crippen LogP contribution in [0.2, 0.25) is 5.02 Å². The molecule has 2 aromatic rings. The highest BCUT2D eigenvalue weighted by Gasteiger charge is 2.22. The maximum Gasteiger partial charge on any atom is 0.256 e. The van der Waals surface area contributed by atoms with E-state index < -0.39 is 20.7 Å². The van der Waals surface area contributed by atoms with Crippen LogP contribution < -0.4 is 5.43 Å². The Kier molecular flexibility index (Phi) is 4.75. The highest BCUT2D eigenvalue weighted by atomic mass is 35.5. The first-order valence-electron chi connectivity index (χ1n) is 5.93. The second-order valence-corrected chi connectivity index (χ2v) is 6.41. The summed E-state index contributed by atoms with van der Waals surface area (Å²) >= 11 is 5.70. The Labute approximate surface area is 131 Å². The van der Waals surface area contributed by atoms with Crippen molar-refractivity contribution in [2.45, 2.75) is 4.90 Å². The first-order chi connectivity index (χ1) is 10.4. The maximum absolute atomic E-state index is 12.8. The molecule has 0 spiro atoms. The first kappa shape index (κ1) is 15.9. The standard InChI is InChI=1S/C14H9ClFN3O2S/c15-10-1-7-13(8-2-10)22(20,21)14(9-17)19-18-12-5-3-11(16)4-6-12/h1-8,18H. The molecule has 112 valence electrons. The second kappa shape index (κ2) is 6.56. The fourth-order valence-corrected chi connectivity index (χ4v) is 2.64. The van der Waals surface area contributed by atoms with Crippen molar-refractivity contribution < 1.29 is 12.8 Å². The van der Waals surface area contributed by atoms with Crippen LogP contribution in [0.3, 0.4) is 0 Å². The molecule has 0 unspecified atom stereocenters. The predicted molar refractivity (Wildman–Crippen MR) is 81.7 cm³/mol. The van der Waals surface area contributed by atoms with Crippen LogP contribution in [0.4, 0.5) is 10.1 Å². The summed E-state index contributed by atoms with van der Waals surface area (Å²) in [4.78, 5) is -0.0990. The van der Waals surface area contributed by atoms with Gasteiger partial charge in [-0.1, -0.05) is 11.6 Å². The fraction of sp³-hybridized carbons (Fsp3) is 0. The summed E-state index contributed by atoms with van der Waals surface area (Å²) < 4.78 is 37.3. The van der Waals surface area contributed by atoms with Crippen molar-refractivity contribution in [3.05, 3.63) is 59.4 Å². The van der Waals surface area contributed by atoms with Gasteiger partial charge in [-0.3, -0.25) is 5.43 Å². The van der Waals surface area contributed by atoms with Crippen molar-refractivity contribution in [2.24, 2.45) is 5.10 Å². The van der Waals surface area contributed by atoms with Crippen LogP contribution in [0, 0.1) is 17.1 Å². The van der Waals surface area contributed by atoms with E-state index in [0.717, 1.165) is 0 Å². The molecule has 0 radical (unpaired) electrons. The Morgan fingerprint density at radius 3 is 2.27 bits per heavy atom. The van der Waals surface area contributed by atoms with Gasteiger partial charge in [-0.25, -0.2) is 12.8 Å². The zero-order valence-electron chi connectivity index (χ0n) is 11.0. The number of sulfone groups is 1. The van der Waals surface area contributed by atoms with Crippen LogP contribution in [0.25, 0.3) is 0 Å². The number of benzene rings is 2. The van der Waals surface area contributed by atoms with Crippen LogP contribution in [-0.2, 0) is 9.84 Å². The smallest absolute Gasteiger partial charge is 0.256 e. The molecule has 0 saturated heterocycles. The predicted octanol–water partition coefficient (Wildman–Crippen LogP) is 3.20. The number of anilines is 1. The topological polar surface area (TPSA) is 82.3 Å². The molecule has 5 nitrogen and oxygen atoms in total. The lowest BCUT2D eigenvalue weighted by Crippen LogP contribution is -2.15. The average Bonchev–Trinajstić information content (AvgIpc) is 2.50. The fourth-order valence-electron chi connectivity index (χ4n) is 1.51. The first-order valence-corrected chi connectivity index (χ1v) is 7.79. The molecule has 0 saturated carbocycles. The van der Waals surface area contributed by atoms with Gasteiger partial charge in [0.25, 0.3) is 5.04 Å². The number of nitriles is 1. The van der Waals surface area contributed by atoms with Gasteiger partial charge in [-0.2, -0.15) is 10.4 Å². The van der Waals surface area contributed by atoms with Crippen LogP contribution in [0.5, 0.6) is 0 Å². The lowest BCUT2D eigenvalue weighted by molar-refractivity contribution is 0.607. The number of nitrogens with zero attached hydrogens (tertiary/aromatic N) is 2. The summed E-state index contributed by atoms with van der Waals surface area (Å²) in [5.74, 6) is -0.441. The van der Waals surface area contributed by atoms with Crippen LogP contribution in [0.15, 0.2) is 58.5 Å². The maximum atomic E-state index is 12.8.